The SMILES string of the molecule is O=S1(=O)CC(Cl)C(NC(=S)NCCOC(=S)NC2CS(=O)(=O)CC2Cl)C1. The lowest BCUT2D eigenvalue weighted by Crippen LogP contribution is -2.47. The summed E-state index contributed by atoms with van der Waals surface area (Å²) < 4.78 is 51.3. The van der Waals surface area contributed by atoms with E-state index in [2.05, 4.69) is 16.0 Å². The molecule has 2 heterocycles. The molecule has 150 valence electrons. The van der Waals surface area contributed by atoms with Crippen molar-refractivity contribution in [3.05, 3.63) is 0 Å². The second-order valence-electron chi connectivity index (χ2n) is 6.08. The van der Waals surface area contributed by atoms with E-state index < -0.39 is 42.5 Å². The van der Waals surface area contributed by atoms with Crippen molar-refractivity contribution in [3.8, 4) is 0 Å². The van der Waals surface area contributed by atoms with Crippen LogP contribution in [0, 0.1) is 0 Å². The highest BCUT2D eigenvalue weighted by molar-refractivity contribution is 7.92. The van der Waals surface area contributed by atoms with Crippen LogP contribution >= 0.6 is 47.6 Å². The highest BCUT2D eigenvalue weighted by atomic mass is 35.5. The van der Waals surface area contributed by atoms with Gasteiger partial charge in [0.2, 0.25) is 0 Å². The molecule has 3 N–H and O–H groups in total. The van der Waals surface area contributed by atoms with E-state index in [1.165, 1.54) is 0 Å². The van der Waals surface area contributed by atoms with Crippen molar-refractivity contribution in [2.24, 2.45) is 0 Å². The van der Waals surface area contributed by atoms with Gasteiger partial charge in [-0.25, -0.2) is 16.8 Å². The van der Waals surface area contributed by atoms with Gasteiger partial charge < -0.3 is 20.7 Å². The van der Waals surface area contributed by atoms with Crippen molar-refractivity contribution in [1.82, 2.24) is 16.0 Å². The van der Waals surface area contributed by atoms with E-state index in [4.69, 9.17) is 52.4 Å². The number of thiocarbonyl (C=S) groups is 2. The van der Waals surface area contributed by atoms with E-state index in [1.54, 1.807) is 0 Å². The smallest absolute Gasteiger partial charge is 0.256 e. The van der Waals surface area contributed by atoms with E-state index >= 15 is 0 Å². The first kappa shape index (κ1) is 22.2. The molecular formula is C12H19Cl2N3O5S4. The van der Waals surface area contributed by atoms with Crippen LogP contribution < -0.4 is 16.0 Å². The van der Waals surface area contributed by atoms with Crippen molar-refractivity contribution in [2.75, 3.05) is 36.2 Å². The molecule has 8 nitrogen and oxygen atoms in total. The fourth-order valence-corrected chi connectivity index (χ4v) is 8.18. The lowest BCUT2D eigenvalue weighted by molar-refractivity contribution is 0.299. The summed E-state index contributed by atoms with van der Waals surface area (Å²) in [7, 11) is -6.29. The first-order valence-corrected chi connectivity index (χ1v) is 13.0. The van der Waals surface area contributed by atoms with E-state index in [-0.39, 0.29) is 39.9 Å². The molecule has 0 aromatic rings. The number of sulfone groups is 2. The Balaban J connectivity index is 1.63. The van der Waals surface area contributed by atoms with Crippen LogP contribution in [0.5, 0.6) is 0 Å². The van der Waals surface area contributed by atoms with Crippen LogP contribution in [0.3, 0.4) is 0 Å². The summed E-state index contributed by atoms with van der Waals surface area (Å²) in [6, 6.07) is -0.912. The maximum atomic E-state index is 11.5. The zero-order chi connectivity index (χ0) is 19.5. The largest absolute Gasteiger partial charge is 0.469 e. The van der Waals surface area contributed by atoms with Gasteiger partial charge in [-0.05, 0) is 24.4 Å². The van der Waals surface area contributed by atoms with Gasteiger partial charge >= 0.3 is 0 Å². The summed E-state index contributed by atoms with van der Waals surface area (Å²) in [4.78, 5) is 0. The lowest BCUT2D eigenvalue weighted by Gasteiger charge is -2.19. The highest BCUT2D eigenvalue weighted by Gasteiger charge is 2.37. The normalized spacial score (nSPS) is 31.9. The van der Waals surface area contributed by atoms with E-state index in [1.807, 2.05) is 0 Å². The monoisotopic (exact) mass is 483 g/mol. The third kappa shape index (κ3) is 6.79. The predicted molar refractivity (Wildman–Crippen MR) is 110 cm³/mol. The van der Waals surface area contributed by atoms with Crippen LogP contribution in [0.15, 0.2) is 0 Å². The van der Waals surface area contributed by atoms with Gasteiger partial charge in [0.25, 0.3) is 5.17 Å². The highest BCUT2D eigenvalue weighted by Crippen LogP contribution is 2.18. The van der Waals surface area contributed by atoms with Gasteiger partial charge in [-0.3, -0.25) is 0 Å². The van der Waals surface area contributed by atoms with Crippen LogP contribution in [0.25, 0.3) is 0 Å². The topological polar surface area (TPSA) is 114 Å². The Morgan fingerprint density at radius 3 is 1.88 bits per heavy atom. The minimum atomic E-state index is -3.15. The van der Waals surface area contributed by atoms with Crippen molar-refractivity contribution in [2.45, 2.75) is 22.8 Å². The predicted octanol–water partition coefficient (Wildman–Crippen LogP) is -0.850. The molecule has 4 atom stereocenters. The minimum absolute atomic E-state index is 0.0566. The molecule has 0 radical (unpaired) electrons. The molecular weight excluding hydrogens is 465 g/mol. The molecule has 4 unspecified atom stereocenters. The fraction of sp³-hybridized carbons (Fsp3) is 0.833. The molecule has 26 heavy (non-hydrogen) atoms. The zero-order valence-corrected chi connectivity index (χ0v) is 18.3. The molecule has 0 amide bonds. The van der Waals surface area contributed by atoms with Crippen LogP contribution in [0.4, 0.5) is 0 Å². The number of halogens is 2. The minimum Gasteiger partial charge on any atom is -0.469 e. The molecule has 2 saturated heterocycles. The molecule has 0 aliphatic carbocycles. The molecule has 0 spiro atoms. The van der Waals surface area contributed by atoms with Gasteiger partial charge in [-0.15, -0.1) is 23.2 Å². The molecule has 2 aliphatic rings. The number of ether oxygens (including phenoxy) is 1. The van der Waals surface area contributed by atoms with Crippen molar-refractivity contribution < 1.29 is 21.6 Å². The molecule has 0 aromatic carbocycles. The number of rotatable bonds is 5. The van der Waals surface area contributed by atoms with Crippen molar-refractivity contribution in [1.29, 1.82) is 0 Å². The molecule has 0 aromatic heterocycles. The average molecular weight is 484 g/mol. The van der Waals surface area contributed by atoms with E-state index in [0.29, 0.717) is 6.54 Å². The third-order valence-electron chi connectivity index (χ3n) is 3.81. The van der Waals surface area contributed by atoms with Crippen LogP contribution in [-0.2, 0) is 24.4 Å². The Labute approximate surface area is 173 Å². The molecule has 0 saturated carbocycles. The first-order valence-electron chi connectivity index (χ1n) is 7.64. The fourth-order valence-electron chi connectivity index (χ4n) is 2.59. The molecule has 2 rings (SSSR count). The Morgan fingerprint density at radius 1 is 0.923 bits per heavy atom. The second-order valence-corrected chi connectivity index (χ2v) is 12.3. The average Bonchev–Trinajstić information content (AvgIpc) is 2.88. The molecule has 2 aliphatic heterocycles. The van der Waals surface area contributed by atoms with E-state index in [0.717, 1.165) is 0 Å². The molecule has 0 bridgehead atoms. The summed E-state index contributed by atoms with van der Waals surface area (Å²) in [5.74, 6) is -0.302. The summed E-state index contributed by atoms with van der Waals surface area (Å²) in [6.07, 6.45) is 0. The van der Waals surface area contributed by atoms with Crippen molar-refractivity contribution >= 4 is 77.6 Å². The maximum Gasteiger partial charge on any atom is 0.256 e. The quantitative estimate of drug-likeness (QED) is 0.259. The van der Waals surface area contributed by atoms with Gasteiger partial charge in [0, 0.05) is 0 Å². The zero-order valence-electron chi connectivity index (χ0n) is 13.5. The first-order chi connectivity index (χ1) is 12.0. The Bertz CT molecular complexity index is 697. The summed E-state index contributed by atoms with van der Waals surface area (Å²) in [6.45, 7) is 0.487. The number of alkyl halides is 2. The Morgan fingerprint density at radius 2 is 1.42 bits per heavy atom. The van der Waals surface area contributed by atoms with Crippen LogP contribution in [0.2, 0.25) is 0 Å². The summed E-state index contributed by atoms with van der Waals surface area (Å²) in [5, 5.41) is 7.75. The van der Waals surface area contributed by atoms with Gasteiger partial charge in [0.1, 0.15) is 6.61 Å². The van der Waals surface area contributed by atoms with Gasteiger partial charge in [-0.2, -0.15) is 0 Å². The van der Waals surface area contributed by atoms with Crippen molar-refractivity contribution in [3.63, 3.8) is 0 Å². The number of hydrogen-bond donors (Lipinski definition) is 3. The third-order valence-corrected chi connectivity index (χ3v) is 9.06. The van der Waals surface area contributed by atoms with Crippen LogP contribution in [-0.4, -0.2) is 86.1 Å². The lowest BCUT2D eigenvalue weighted by atomic mass is 10.2. The Kier molecular flexibility index (Phi) is 7.59. The van der Waals surface area contributed by atoms with Crippen LogP contribution in [0.1, 0.15) is 0 Å². The van der Waals surface area contributed by atoms with Gasteiger partial charge in [-0.1, -0.05) is 0 Å². The maximum absolute atomic E-state index is 11.5. The summed E-state index contributed by atoms with van der Waals surface area (Å²) in [5.41, 5.74) is 0. The summed E-state index contributed by atoms with van der Waals surface area (Å²) >= 11 is 22.1. The standard InChI is InChI=1S/C12H19Cl2N3O5S4/c13-7-3-25(18,19)5-9(7)16-11(23)15-1-2-22-12(24)17-10-6-26(20,21)4-8(10)14/h7-10H,1-6H2,(H,17,24)(H2,15,16,23). The van der Waals surface area contributed by atoms with Gasteiger partial charge in [0.15, 0.2) is 24.8 Å². The van der Waals surface area contributed by atoms with Gasteiger partial charge in [0.05, 0.1) is 52.4 Å². The number of nitrogens with one attached hydrogen (secondary N) is 3. The molecule has 14 heteroatoms. The Hall–Kier alpha value is -0.140. The molecule has 2 fully saturated rings. The number of hydrogen-bond acceptors (Lipinski definition) is 7. The second kappa shape index (κ2) is 8.91. The van der Waals surface area contributed by atoms with E-state index in [9.17, 15) is 16.8 Å².